The second-order valence-electron chi connectivity index (χ2n) is 8.21. The number of hydrogen-bond acceptors (Lipinski definition) is 7. The van der Waals surface area contributed by atoms with Crippen molar-refractivity contribution in [2.45, 2.75) is 31.6 Å². The lowest BCUT2D eigenvalue weighted by Crippen LogP contribution is -2.36. The molecule has 2 N–H and O–H groups in total. The summed E-state index contributed by atoms with van der Waals surface area (Å²) in [6.07, 6.45) is 0.912. The molecule has 0 saturated heterocycles. The van der Waals surface area contributed by atoms with Gasteiger partial charge in [-0.25, -0.2) is 4.79 Å². The number of allylic oxidation sites excluding steroid dienone is 3. The van der Waals surface area contributed by atoms with Gasteiger partial charge in [0.15, 0.2) is 17.3 Å². The van der Waals surface area contributed by atoms with E-state index in [-0.39, 0.29) is 17.5 Å². The molecular weight excluding hydrogens is 422 g/mol. The van der Waals surface area contributed by atoms with Crippen LogP contribution < -0.4 is 14.8 Å². The van der Waals surface area contributed by atoms with E-state index >= 15 is 0 Å². The average Bonchev–Trinajstić information content (AvgIpc) is 2.82. The summed E-state index contributed by atoms with van der Waals surface area (Å²) >= 11 is 0. The van der Waals surface area contributed by atoms with Crippen molar-refractivity contribution in [2.24, 2.45) is 0 Å². The highest BCUT2D eigenvalue weighted by molar-refractivity contribution is 6.04. The average molecular weight is 450 g/mol. The molecule has 2 aliphatic rings. The van der Waals surface area contributed by atoms with Crippen LogP contribution in [0.25, 0.3) is 0 Å². The van der Waals surface area contributed by atoms with Gasteiger partial charge in [-0.3, -0.25) is 4.79 Å². The van der Waals surface area contributed by atoms with Crippen molar-refractivity contribution in [1.82, 2.24) is 5.32 Å². The van der Waals surface area contributed by atoms with E-state index in [0.717, 1.165) is 16.8 Å². The first-order valence-corrected chi connectivity index (χ1v) is 10.7. The summed E-state index contributed by atoms with van der Waals surface area (Å²) in [4.78, 5) is 26.2. The number of carbonyl (C=O) groups excluding carboxylic acids is 2. The molecule has 0 amide bonds. The van der Waals surface area contributed by atoms with Gasteiger partial charge in [0.05, 0.1) is 26.9 Å². The predicted molar refractivity (Wildman–Crippen MR) is 122 cm³/mol. The Kier molecular flexibility index (Phi) is 6.14. The third-order valence-corrected chi connectivity index (χ3v) is 6.34. The Bertz CT molecular complexity index is 1160. The molecule has 0 radical (unpaired) electrons. The highest BCUT2D eigenvalue weighted by atomic mass is 16.5. The van der Waals surface area contributed by atoms with Crippen molar-refractivity contribution in [1.29, 1.82) is 0 Å². The molecule has 2 atom stereocenters. The first-order chi connectivity index (χ1) is 15.9. The van der Waals surface area contributed by atoms with Gasteiger partial charge < -0.3 is 24.6 Å². The summed E-state index contributed by atoms with van der Waals surface area (Å²) in [5.41, 5.74) is 4.16. The molecule has 172 valence electrons. The van der Waals surface area contributed by atoms with Crippen LogP contribution in [0.3, 0.4) is 0 Å². The number of ether oxygens (including phenoxy) is 3. The summed E-state index contributed by atoms with van der Waals surface area (Å²) in [5, 5.41) is 13.0. The van der Waals surface area contributed by atoms with Crippen LogP contribution in [0.2, 0.25) is 0 Å². The number of aromatic hydroxyl groups is 1. The molecule has 0 unspecified atom stereocenters. The van der Waals surface area contributed by atoms with E-state index < -0.39 is 11.9 Å². The maximum absolute atomic E-state index is 13.5. The number of rotatable bonds is 5. The van der Waals surface area contributed by atoms with Gasteiger partial charge in [-0.1, -0.05) is 18.2 Å². The molecule has 1 aliphatic heterocycles. The standard InChI is InChI=1S/C26H27NO6/c1-14-23(26(30)33-4)24(15-5-8-18(28)9-6-15)25-19(27-14)11-17(12-20(25)29)16-7-10-21(31-2)22(13-16)32-3/h5-10,13,17,24,27-28H,11-12H2,1-4H3/t17-,24-/m1/s1. The van der Waals surface area contributed by atoms with Crippen molar-refractivity contribution < 1.29 is 28.9 Å². The lowest BCUT2D eigenvalue weighted by atomic mass is 9.71. The molecule has 0 saturated carbocycles. The first-order valence-electron chi connectivity index (χ1n) is 10.7. The third kappa shape index (κ3) is 4.06. The van der Waals surface area contributed by atoms with E-state index in [2.05, 4.69) is 5.32 Å². The monoisotopic (exact) mass is 449 g/mol. The lowest BCUT2D eigenvalue weighted by molar-refractivity contribution is -0.136. The number of Topliss-reactive ketones (excluding diaryl/α,β-unsaturated/α-hetero) is 1. The van der Waals surface area contributed by atoms with Crippen LogP contribution in [0.15, 0.2) is 65.0 Å². The highest BCUT2D eigenvalue weighted by Gasteiger charge is 2.41. The lowest BCUT2D eigenvalue weighted by Gasteiger charge is -2.36. The maximum Gasteiger partial charge on any atom is 0.336 e. The minimum atomic E-state index is -0.562. The molecular formula is C26H27NO6. The summed E-state index contributed by atoms with van der Waals surface area (Å²) in [7, 11) is 4.50. The van der Waals surface area contributed by atoms with E-state index in [9.17, 15) is 14.7 Å². The van der Waals surface area contributed by atoms with Gasteiger partial charge in [-0.05, 0) is 54.7 Å². The summed E-state index contributed by atoms with van der Waals surface area (Å²) in [6.45, 7) is 1.81. The zero-order valence-corrected chi connectivity index (χ0v) is 19.1. The van der Waals surface area contributed by atoms with Crippen LogP contribution >= 0.6 is 0 Å². The Balaban J connectivity index is 1.77. The van der Waals surface area contributed by atoms with Crippen molar-refractivity contribution in [3.8, 4) is 17.2 Å². The molecule has 2 aromatic carbocycles. The summed E-state index contributed by atoms with van der Waals surface area (Å²) in [5.74, 6) is 0.239. The van der Waals surface area contributed by atoms with Gasteiger partial charge in [0.25, 0.3) is 0 Å². The molecule has 0 aromatic heterocycles. The fourth-order valence-electron chi connectivity index (χ4n) is 4.76. The fourth-order valence-corrected chi connectivity index (χ4v) is 4.76. The van der Waals surface area contributed by atoms with Crippen LogP contribution in [-0.2, 0) is 14.3 Å². The minimum absolute atomic E-state index is 0.0319. The minimum Gasteiger partial charge on any atom is -0.508 e. The van der Waals surface area contributed by atoms with E-state index in [1.807, 2.05) is 25.1 Å². The van der Waals surface area contributed by atoms with Gasteiger partial charge in [-0.2, -0.15) is 0 Å². The molecule has 7 nitrogen and oxygen atoms in total. The Labute approximate surface area is 192 Å². The number of ketones is 1. The van der Waals surface area contributed by atoms with Crippen molar-refractivity contribution in [3.05, 3.63) is 76.1 Å². The molecule has 2 aromatic rings. The second-order valence-corrected chi connectivity index (χ2v) is 8.21. The number of esters is 1. The third-order valence-electron chi connectivity index (χ3n) is 6.34. The number of phenols is 1. The highest BCUT2D eigenvalue weighted by Crippen LogP contribution is 2.46. The van der Waals surface area contributed by atoms with E-state index in [1.54, 1.807) is 38.5 Å². The topological polar surface area (TPSA) is 94.1 Å². The van der Waals surface area contributed by atoms with Crippen LogP contribution in [0, 0.1) is 0 Å². The first kappa shape index (κ1) is 22.5. The van der Waals surface area contributed by atoms with Crippen LogP contribution in [-0.4, -0.2) is 38.2 Å². The Morgan fingerprint density at radius 1 is 0.970 bits per heavy atom. The van der Waals surface area contributed by atoms with Gasteiger partial charge >= 0.3 is 5.97 Å². The number of carbonyl (C=O) groups is 2. The van der Waals surface area contributed by atoms with Gasteiger partial charge in [0.2, 0.25) is 0 Å². The Morgan fingerprint density at radius 3 is 2.27 bits per heavy atom. The van der Waals surface area contributed by atoms with Gasteiger partial charge in [0, 0.05) is 29.3 Å². The van der Waals surface area contributed by atoms with E-state index in [0.29, 0.717) is 41.2 Å². The normalized spacial score (nSPS) is 20.2. The quantitative estimate of drug-likeness (QED) is 0.668. The largest absolute Gasteiger partial charge is 0.508 e. The molecule has 33 heavy (non-hydrogen) atoms. The Hall–Kier alpha value is -3.74. The van der Waals surface area contributed by atoms with Crippen molar-refractivity contribution in [3.63, 3.8) is 0 Å². The molecule has 0 fully saturated rings. The van der Waals surface area contributed by atoms with Gasteiger partial charge in [0.1, 0.15) is 5.75 Å². The fraction of sp³-hybridized carbons (Fsp3) is 0.308. The molecule has 1 aliphatic carbocycles. The molecule has 4 rings (SSSR count). The predicted octanol–water partition coefficient (Wildman–Crippen LogP) is 3.94. The summed E-state index contributed by atoms with van der Waals surface area (Å²) < 4.78 is 15.8. The van der Waals surface area contributed by atoms with E-state index in [1.165, 1.54) is 7.11 Å². The zero-order valence-electron chi connectivity index (χ0n) is 19.1. The van der Waals surface area contributed by atoms with Crippen LogP contribution in [0.1, 0.15) is 42.7 Å². The number of phenolic OH excluding ortho intramolecular Hbond substituents is 1. The Morgan fingerprint density at radius 2 is 1.64 bits per heavy atom. The molecule has 0 bridgehead atoms. The van der Waals surface area contributed by atoms with Crippen molar-refractivity contribution in [2.75, 3.05) is 21.3 Å². The van der Waals surface area contributed by atoms with Crippen LogP contribution in [0.4, 0.5) is 0 Å². The second kappa shape index (κ2) is 9.02. The zero-order chi connectivity index (χ0) is 23.7. The van der Waals surface area contributed by atoms with E-state index in [4.69, 9.17) is 14.2 Å². The maximum atomic E-state index is 13.5. The number of benzene rings is 2. The van der Waals surface area contributed by atoms with Gasteiger partial charge in [-0.15, -0.1) is 0 Å². The SMILES string of the molecule is COC(=O)C1=C(C)NC2=C(C(=O)C[C@H](c3ccc(OC)c(OC)c3)C2)[C@@H]1c1ccc(O)cc1. The molecule has 0 spiro atoms. The molecule has 7 heteroatoms. The number of hydrogen-bond donors (Lipinski definition) is 2. The summed E-state index contributed by atoms with van der Waals surface area (Å²) in [6, 6.07) is 12.3. The number of methoxy groups -OCH3 is 3. The smallest absolute Gasteiger partial charge is 0.336 e. The number of nitrogens with one attached hydrogen (secondary N) is 1. The van der Waals surface area contributed by atoms with Crippen LogP contribution in [0.5, 0.6) is 17.2 Å². The number of dihydropyridines is 1. The molecule has 1 heterocycles. The van der Waals surface area contributed by atoms with Crippen molar-refractivity contribution >= 4 is 11.8 Å².